The topological polar surface area (TPSA) is 39.1 Å². The highest BCUT2D eigenvalue weighted by molar-refractivity contribution is 5.58. The Morgan fingerprint density at radius 3 is 2.75 bits per heavy atom. The second kappa shape index (κ2) is 6.57. The maximum absolute atomic E-state index is 5.24. The van der Waals surface area contributed by atoms with E-state index in [1.807, 2.05) is 19.1 Å². The number of para-hydroxylation sites is 1. The number of nitrogens with one attached hydrogen (secondary N) is 1. The van der Waals surface area contributed by atoms with Crippen molar-refractivity contribution < 1.29 is 4.74 Å². The summed E-state index contributed by atoms with van der Waals surface area (Å²) in [5, 5.41) is 3.42. The molecule has 1 aromatic carbocycles. The van der Waals surface area contributed by atoms with Gasteiger partial charge in [0, 0.05) is 31.1 Å². The number of hydrogen-bond acceptors (Lipinski definition) is 3. The number of rotatable bonds is 6. The third kappa shape index (κ3) is 3.61. The number of methoxy groups -OCH3 is 1. The summed E-state index contributed by atoms with van der Waals surface area (Å²) in [4.78, 5) is 4.57. The van der Waals surface area contributed by atoms with Crippen molar-refractivity contribution >= 4 is 11.6 Å². The zero-order valence-electron chi connectivity index (χ0n) is 12.7. The van der Waals surface area contributed by atoms with Gasteiger partial charge in [0.15, 0.2) is 0 Å². The van der Waals surface area contributed by atoms with E-state index in [2.05, 4.69) is 47.0 Å². The molecule has 2 aromatic rings. The van der Waals surface area contributed by atoms with Crippen molar-refractivity contribution in [2.24, 2.45) is 5.92 Å². The first-order valence-corrected chi connectivity index (χ1v) is 6.97. The number of benzene rings is 1. The molecule has 4 nitrogen and oxygen atoms in total. The van der Waals surface area contributed by atoms with Gasteiger partial charge in [-0.05, 0) is 18.9 Å². The molecule has 0 aliphatic rings. The van der Waals surface area contributed by atoms with E-state index >= 15 is 0 Å². The number of aromatic nitrogens is 2. The van der Waals surface area contributed by atoms with Gasteiger partial charge >= 0.3 is 0 Å². The molecular formula is C16H23N3O. The van der Waals surface area contributed by atoms with Crippen molar-refractivity contribution in [3.63, 3.8) is 0 Å². The van der Waals surface area contributed by atoms with Gasteiger partial charge in [-0.2, -0.15) is 0 Å². The molecule has 0 saturated carbocycles. The summed E-state index contributed by atoms with van der Waals surface area (Å²) in [6, 6.07) is 8.15. The Hall–Kier alpha value is -1.81. The SMILES string of the molecule is COCc1ccccc1Nc1nc(C)cn1CC(C)C. The van der Waals surface area contributed by atoms with Crippen molar-refractivity contribution in [3.05, 3.63) is 41.7 Å². The summed E-state index contributed by atoms with van der Waals surface area (Å²) < 4.78 is 7.41. The van der Waals surface area contributed by atoms with Crippen LogP contribution in [0.1, 0.15) is 25.1 Å². The molecule has 0 radical (unpaired) electrons. The lowest BCUT2D eigenvalue weighted by atomic mass is 10.2. The molecule has 0 unspecified atom stereocenters. The average Bonchev–Trinajstić information content (AvgIpc) is 2.71. The van der Waals surface area contributed by atoms with E-state index in [4.69, 9.17) is 4.74 Å². The molecule has 4 heteroatoms. The first-order chi connectivity index (χ1) is 9.60. The lowest BCUT2D eigenvalue weighted by Crippen LogP contribution is -2.08. The first-order valence-electron chi connectivity index (χ1n) is 6.97. The highest BCUT2D eigenvalue weighted by Crippen LogP contribution is 2.22. The summed E-state index contributed by atoms with van der Waals surface area (Å²) in [5.74, 6) is 1.47. The monoisotopic (exact) mass is 273 g/mol. The molecule has 0 saturated heterocycles. The van der Waals surface area contributed by atoms with Crippen molar-refractivity contribution in [2.45, 2.75) is 33.9 Å². The predicted molar refractivity (Wildman–Crippen MR) is 82.2 cm³/mol. The molecule has 108 valence electrons. The fourth-order valence-electron chi connectivity index (χ4n) is 2.22. The largest absolute Gasteiger partial charge is 0.380 e. The van der Waals surface area contributed by atoms with Crippen LogP contribution < -0.4 is 5.32 Å². The molecule has 0 aliphatic carbocycles. The van der Waals surface area contributed by atoms with Gasteiger partial charge < -0.3 is 14.6 Å². The minimum Gasteiger partial charge on any atom is -0.380 e. The van der Waals surface area contributed by atoms with Crippen LogP contribution in [-0.2, 0) is 17.9 Å². The average molecular weight is 273 g/mol. The van der Waals surface area contributed by atoms with E-state index in [1.165, 1.54) is 0 Å². The molecule has 0 aliphatic heterocycles. The highest BCUT2D eigenvalue weighted by Gasteiger charge is 2.09. The van der Waals surface area contributed by atoms with Crippen LogP contribution >= 0.6 is 0 Å². The highest BCUT2D eigenvalue weighted by atomic mass is 16.5. The molecule has 1 N–H and O–H groups in total. The number of imidazole rings is 1. The van der Waals surface area contributed by atoms with Crippen LogP contribution in [0.3, 0.4) is 0 Å². The summed E-state index contributed by atoms with van der Waals surface area (Å²) >= 11 is 0. The minimum absolute atomic E-state index is 0.582. The molecule has 20 heavy (non-hydrogen) atoms. The van der Waals surface area contributed by atoms with Gasteiger partial charge in [-0.1, -0.05) is 32.0 Å². The van der Waals surface area contributed by atoms with Gasteiger partial charge in [-0.25, -0.2) is 4.98 Å². The van der Waals surface area contributed by atoms with Gasteiger partial charge in [0.05, 0.1) is 12.3 Å². The quantitative estimate of drug-likeness (QED) is 0.871. The fourth-order valence-corrected chi connectivity index (χ4v) is 2.22. The molecule has 0 spiro atoms. The van der Waals surface area contributed by atoms with Crippen LogP contribution in [0.5, 0.6) is 0 Å². The maximum Gasteiger partial charge on any atom is 0.207 e. The number of anilines is 2. The van der Waals surface area contributed by atoms with Gasteiger partial charge in [0.2, 0.25) is 5.95 Å². The Morgan fingerprint density at radius 2 is 2.05 bits per heavy atom. The van der Waals surface area contributed by atoms with Gasteiger partial charge in [0.1, 0.15) is 0 Å². The summed E-state index contributed by atoms with van der Waals surface area (Å²) in [7, 11) is 1.71. The standard InChI is InChI=1S/C16H23N3O/c1-12(2)9-19-10-13(3)17-16(19)18-15-8-6-5-7-14(15)11-20-4/h5-8,10,12H,9,11H2,1-4H3,(H,17,18). The van der Waals surface area contributed by atoms with Crippen LogP contribution in [0, 0.1) is 12.8 Å². The van der Waals surface area contributed by atoms with Gasteiger partial charge in [-0.3, -0.25) is 0 Å². The molecular weight excluding hydrogens is 250 g/mol. The Bertz CT molecular complexity index is 561. The van der Waals surface area contributed by atoms with Crippen LogP contribution in [0.25, 0.3) is 0 Å². The minimum atomic E-state index is 0.582. The third-order valence-electron chi connectivity index (χ3n) is 3.02. The van der Waals surface area contributed by atoms with E-state index in [9.17, 15) is 0 Å². The van der Waals surface area contributed by atoms with Crippen LogP contribution in [0.2, 0.25) is 0 Å². The molecule has 1 aromatic heterocycles. The first kappa shape index (κ1) is 14.6. The van der Waals surface area contributed by atoms with E-state index in [0.29, 0.717) is 12.5 Å². The Morgan fingerprint density at radius 1 is 1.30 bits per heavy atom. The Balaban J connectivity index is 2.25. The Labute approximate surface area is 120 Å². The lowest BCUT2D eigenvalue weighted by Gasteiger charge is -2.14. The van der Waals surface area contributed by atoms with Gasteiger partial charge in [-0.15, -0.1) is 0 Å². The molecule has 2 rings (SSSR count). The second-order valence-corrected chi connectivity index (χ2v) is 5.47. The van der Waals surface area contributed by atoms with Crippen molar-refractivity contribution in [2.75, 3.05) is 12.4 Å². The number of nitrogens with zero attached hydrogens (tertiary/aromatic N) is 2. The zero-order chi connectivity index (χ0) is 14.5. The van der Waals surface area contributed by atoms with Gasteiger partial charge in [0.25, 0.3) is 0 Å². The third-order valence-corrected chi connectivity index (χ3v) is 3.02. The van der Waals surface area contributed by atoms with E-state index in [0.717, 1.165) is 29.4 Å². The van der Waals surface area contributed by atoms with E-state index in [-0.39, 0.29) is 0 Å². The molecule has 1 heterocycles. The molecule has 0 amide bonds. The predicted octanol–water partition coefficient (Wildman–Crippen LogP) is 3.74. The van der Waals surface area contributed by atoms with Crippen molar-refractivity contribution in [1.82, 2.24) is 9.55 Å². The fraction of sp³-hybridized carbons (Fsp3) is 0.438. The zero-order valence-corrected chi connectivity index (χ0v) is 12.7. The second-order valence-electron chi connectivity index (χ2n) is 5.47. The Kier molecular flexibility index (Phi) is 4.79. The number of ether oxygens (including phenoxy) is 1. The van der Waals surface area contributed by atoms with E-state index < -0.39 is 0 Å². The normalized spacial score (nSPS) is 11.1. The number of hydrogen-bond donors (Lipinski definition) is 1. The lowest BCUT2D eigenvalue weighted by molar-refractivity contribution is 0.185. The van der Waals surface area contributed by atoms with Crippen LogP contribution in [0.4, 0.5) is 11.6 Å². The summed E-state index contributed by atoms with van der Waals surface area (Å²) in [6.07, 6.45) is 2.08. The van der Waals surface area contributed by atoms with Crippen LogP contribution in [0.15, 0.2) is 30.5 Å². The van der Waals surface area contributed by atoms with E-state index in [1.54, 1.807) is 7.11 Å². The number of aryl methyl sites for hydroxylation is 1. The van der Waals surface area contributed by atoms with Crippen molar-refractivity contribution in [3.8, 4) is 0 Å². The smallest absolute Gasteiger partial charge is 0.207 e. The summed E-state index contributed by atoms with van der Waals surface area (Å²) in [5.41, 5.74) is 3.20. The van der Waals surface area contributed by atoms with Crippen molar-refractivity contribution in [1.29, 1.82) is 0 Å². The molecule has 0 atom stereocenters. The molecule has 0 fully saturated rings. The maximum atomic E-state index is 5.24. The molecule has 0 bridgehead atoms. The summed E-state index contributed by atoms with van der Waals surface area (Å²) in [6.45, 7) is 7.97. The van der Waals surface area contributed by atoms with Crippen LogP contribution in [-0.4, -0.2) is 16.7 Å².